The number of hydrogen-bond donors (Lipinski definition) is 1. The van der Waals surface area contributed by atoms with E-state index in [0.29, 0.717) is 11.4 Å². The van der Waals surface area contributed by atoms with Gasteiger partial charge in [-0.25, -0.2) is 8.42 Å². The van der Waals surface area contributed by atoms with E-state index in [1.54, 1.807) is 18.2 Å². The van der Waals surface area contributed by atoms with Crippen molar-refractivity contribution in [3.8, 4) is 0 Å². The number of anilines is 1. The van der Waals surface area contributed by atoms with Crippen LogP contribution in [0.1, 0.15) is 44.7 Å². The van der Waals surface area contributed by atoms with Crippen LogP contribution in [-0.4, -0.2) is 50.0 Å². The second kappa shape index (κ2) is 12.2. The summed E-state index contributed by atoms with van der Waals surface area (Å²) < 4.78 is 26.2. The molecule has 2 aromatic carbocycles. The SMILES string of the molecule is CCC(C)NC(=O)C(CC)N(Cc1ccc(C)cc1)C(=O)CN(c1cccc(Cl)c1)S(C)(=O)=O. The van der Waals surface area contributed by atoms with E-state index >= 15 is 0 Å². The summed E-state index contributed by atoms with van der Waals surface area (Å²) in [6, 6.07) is 13.2. The smallest absolute Gasteiger partial charge is 0.244 e. The molecule has 0 aliphatic carbocycles. The predicted octanol–water partition coefficient (Wildman–Crippen LogP) is 4.14. The van der Waals surface area contributed by atoms with Gasteiger partial charge < -0.3 is 10.2 Å². The van der Waals surface area contributed by atoms with Crippen LogP contribution in [0.3, 0.4) is 0 Å². The van der Waals surface area contributed by atoms with Crippen molar-refractivity contribution in [2.75, 3.05) is 17.1 Å². The molecule has 2 amide bonds. The normalized spacial score (nSPS) is 13.1. The van der Waals surface area contributed by atoms with Gasteiger partial charge >= 0.3 is 0 Å². The Morgan fingerprint density at radius 3 is 2.24 bits per heavy atom. The van der Waals surface area contributed by atoms with E-state index < -0.39 is 28.5 Å². The summed E-state index contributed by atoms with van der Waals surface area (Å²) in [5.74, 6) is -0.733. The highest BCUT2D eigenvalue weighted by molar-refractivity contribution is 7.92. The van der Waals surface area contributed by atoms with Crippen LogP contribution in [0.25, 0.3) is 0 Å². The van der Waals surface area contributed by atoms with Crippen molar-refractivity contribution in [2.24, 2.45) is 0 Å². The van der Waals surface area contributed by atoms with Gasteiger partial charge in [0.15, 0.2) is 0 Å². The second-order valence-corrected chi connectivity index (χ2v) is 10.8. The zero-order chi connectivity index (χ0) is 25.5. The van der Waals surface area contributed by atoms with Crippen LogP contribution in [0.5, 0.6) is 0 Å². The van der Waals surface area contributed by atoms with Crippen LogP contribution in [0.2, 0.25) is 5.02 Å². The van der Waals surface area contributed by atoms with Gasteiger partial charge in [0.1, 0.15) is 12.6 Å². The lowest BCUT2D eigenvalue weighted by atomic mass is 10.1. The summed E-state index contributed by atoms with van der Waals surface area (Å²) in [6.45, 7) is 7.41. The molecule has 34 heavy (non-hydrogen) atoms. The van der Waals surface area contributed by atoms with Crippen LogP contribution in [0, 0.1) is 6.92 Å². The van der Waals surface area contributed by atoms with Gasteiger partial charge in [-0.1, -0.05) is 61.3 Å². The van der Waals surface area contributed by atoms with Crippen LogP contribution in [0.4, 0.5) is 5.69 Å². The maximum Gasteiger partial charge on any atom is 0.244 e. The highest BCUT2D eigenvalue weighted by Gasteiger charge is 2.32. The maximum atomic E-state index is 13.6. The van der Waals surface area contributed by atoms with Crippen molar-refractivity contribution in [1.82, 2.24) is 10.2 Å². The molecule has 0 aliphatic rings. The van der Waals surface area contributed by atoms with Crippen LogP contribution in [-0.2, 0) is 26.2 Å². The van der Waals surface area contributed by atoms with E-state index in [2.05, 4.69) is 5.32 Å². The second-order valence-electron chi connectivity index (χ2n) is 8.50. The fourth-order valence-electron chi connectivity index (χ4n) is 3.50. The summed E-state index contributed by atoms with van der Waals surface area (Å²) in [6.07, 6.45) is 2.18. The van der Waals surface area contributed by atoms with E-state index in [-0.39, 0.29) is 24.2 Å². The molecular formula is C25H34ClN3O4S. The molecule has 0 aliphatic heterocycles. The molecule has 0 saturated carbocycles. The highest BCUT2D eigenvalue weighted by Crippen LogP contribution is 2.23. The number of nitrogens with one attached hydrogen (secondary N) is 1. The topological polar surface area (TPSA) is 86.8 Å². The molecule has 0 radical (unpaired) electrons. The number of amides is 2. The van der Waals surface area contributed by atoms with Gasteiger partial charge in [0.05, 0.1) is 11.9 Å². The van der Waals surface area contributed by atoms with Gasteiger partial charge in [-0.3, -0.25) is 13.9 Å². The number of sulfonamides is 1. The molecule has 186 valence electrons. The van der Waals surface area contributed by atoms with Gasteiger partial charge in [-0.05, 0) is 50.5 Å². The van der Waals surface area contributed by atoms with Crippen molar-refractivity contribution in [3.05, 3.63) is 64.7 Å². The largest absolute Gasteiger partial charge is 0.352 e. The number of aryl methyl sites for hydroxylation is 1. The minimum Gasteiger partial charge on any atom is -0.352 e. The lowest BCUT2D eigenvalue weighted by Crippen LogP contribution is -2.53. The summed E-state index contributed by atoms with van der Waals surface area (Å²) in [4.78, 5) is 28.1. The van der Waals surface area contributed by atoms with E-state index in [4.69, 9.17) is 11.6 Å². The van der Waals surface area contributed by atoms with Crippen LogP contribution < -0.4 is 9.62 Å². The third-order valence-electron chi connectivity index (χ3n) is 5.64. The minimum absolute atomic E-state index is 0.0446. The third kappa shape index (κ3) is 7.74. The molecule has 2 rings (SSSR count). The van der Waals surface area contributed by atoms with Gasteiger partial charge in [0.25, 0.3) is 0 Å². The number of benzene rings is 2. The predicted molar refractivity (Wildman–Crippen MR) is 137 cm³/mol. The molecule has 1 N–H and O–H groups in total. The zero-order valence-corrected chi connectivity index (χ0v) is 22.0. The van der Waals surface area contributed by atoms with E-state index in [1.165, 1.54) is 11.0 Å². The summed E-state index contributed by atoms with van der Waals surface area (Å²) >= 11 is 6.07. The van der Waals surface area contributed by atoms with E-state index in [1.807, 2.05) is 52.0 Å². The minimum atomic E-state index is -3.79. The Kier molecular flexibility index (Phi) is 9.94. The Labute approximate surface area is 208 Å². The fraction of sp³-hybridized carbons (Fsp3) is 0.440. The Morgan fingerprint density at radius 2 is 1.71 bits per heavy atom. The first-order valence-corrected chi connectivity index (χ1v) is 13.6. The molecule has 2 aromatic rings. The molecule has 7 nitrogen and oxygen atoms in total. The standard InChI is InChI=1S/C25H34ClN3O4S/c1-6-19(4)27-25(31)23(7-2)28(16-20-13-11-18(3)12-14-20)24(30)17-29(34(5,32)33)22-10-8-9-21(26)15-22/h8-15,19,23H,6-7,16-17H2,1-5H3,(H,27,31). The molecular weight excluding hydrogens is 474 g/mol. The van der Waals surface area contributed by atoms with Crippen molar-refractivity contribution in [1.29, 1.82) is 0 Å². The molecule has 0 bridgehead atoms. The Bertz CT molecular complexity index is 1090. The Morgan fingerprint density at radius 1 is 1.06 bits per heavy atom. The number of nitrogens with zero attached hydrogens (tertiary/aromatic N) is 2. The Hall–Kier alpha value is -2.58. The number of carbonyl (C=O) groups excluding carboxylic acids is 2. The van der Waals surface area contributed by atoms with Crippen molar-refractivity contribution in [2.45, 2.75) is 59.2 Å². The quantitative estimate of drug-likeness (QED) is 0.495. The summed E-state index contributed by atoms with van der Waals surface area (Å²) in [5, 5.41) is 3.31. The molecule has 0 fully saturated rings. The fourth-order valence-corrected chi connectivity index (χ4v) is 4.52. The van der Waals surface area contributed by atoms with E-state index in [0.717, 1.165) is 28.1 Å². The lowest BCUT2D eigenvalue weighted by Gasteiger charge is -2.33. The van der Waals surface area contributed by atoms with Crippen LogP contribution >= 0.6 is 11.6 Å². The molecule has 0 aromatic heterocycles. The molecule has 0 saturated heterocycles. The first-order valence-electron chi connectivity index (χ1n) is 11.3. The lowest BCUT2D eigenvalue weighted by molar-refractivity contribution is -0.140. The Balaban J connectivity index is 2.43. The average Bonchev–Trinajstić information content (AvgIpc) is 2.77. The van der Waals surface area contributed by atoms with Crippen molar-refractivity contribution < 1.29 is 18.0 Å². The third-order valence-corrected chi connectivity index (χ3v) is 7.01. The van der Waals surface area contributed by atoms with Gasteiger partial charge in [-0.15, -0.1) is 0 Å². The van der Waals surface area contributed by atoms with Gasteiger partial charge in [0, 0.05) is 17.6 Å². The molecule has 2 atom stereocenters. The summed E-state index contributed by atoms with van der Waals surface area (Å²) in [7, 11) is -3.79. The van der Waals surface area contributed by atoms with Crippen molar-refractivity contribution >= 4 is 39.1 Å². The first kappa shape index (κ1) is 27.7. The molecule has 9 heteroatoms. The first-order chi connectivity index (χ1) is 16.0. The molecule has 0 heterocycles. The van der Waals surface area contributed by atoms with Crippen molar-refractivity contribution in [3.63, 3.8) is 0 Å². The molecule has 2 unspecified atom stereocenters. The number of carbonyl (C=O) groups is 2. The zero-order valence-electron chi connectivity index (χ0n) is 20.4. The van der Waals surface area contributed by atoms with E-state index in [9.17, 15) is 18.0 Å². The maximum absolute atomic E-state index is 13.6. The monoisotopic (exact) mass is 507 g/mol. The average molecular weight is 508 g/mol. The van der Waals surface area contributed by atoms with Crippen LogP contribution in [0.15, 0.2) is 48.5 Å². The van der Waals surface area contributed by atoms with Gasteiger partial charge in [0.2, 0.25) is 21.8 Å². The number of halogens is 1. The van der Waals surface area contributed by atoms with Gasteiger partial charge in [-0.2, -0.15) is 0 Å². The number of rotatable bonds is 11. The number of hydrogen-bond acceptors (Lipinski definition) is 4. The highest BCUT2D eigenvalue weighted by atomic mass is 35.5. The summed E-state index contributed by atoms with van der Waals surface area (Å²) in [5.41, 5.74) is 2.21. The molecule has 0 spiro atoms.